The average Bonchev–Trinajstić information content (AvgIpc) is 3.24. The standard InChI is InChI=1S/C19H18ClN3/c20-17-19(22-13-7-8-14-22)21-18(15-9-3-1-4-10-15)23(17)16-11-5-2-6-12-16/h1-6,9-12H,7-8,13-14H2. The first kappa shape index (κ1) is 14.3. The van der Waals surface area contributed by atoms with E-state index in [0.29, 0.717) is 5.15 Å². The van der Waals surface area contributed by atoms with Crippen LogP contribution in [0.15, 0.2) is 60.7 Å². The smallest absolute Gasteiger partial charge is 0.167 e. The molecule has 1 aliphatic rings. The largest absolute Gasteiger partial charge is 0.354 e. The van der Waals surface area contributed by atoms with Gasteiger partial charge in [0.1, 0.15) is 5.82 Å². The molecule has 0 N–H and O–H groups in total. The van der Waals surface area contributed by atoms with Crippen LogP contribution in [0, 0.1) is 0 Å². The zero-order valence-electron chi connectivity index (χ0n) is 12.8. The number of nitrogens with zero attached hydrogens (tertiary/aromatic N) is 3. The summed E-state index contributed by atoms with van der Waals surface area (Å²) in [6.07, 6.45) is 2.41. The summed E-state index contributed by atoms with van der Waals surface area (Å²) in [6.45, 7) is 2.06. The van der Waals surface area contributed by atoms with Gasteiger partial charge in [-0.15, -0.1) is 0 Å². The molecule has 1 saturated heterocycles. The number of benzene rings is 2. The molecule has 4 heteroatoms. The first-order valence-corrected chi connectivity index (χ1v) is 8.36. The van der Waals surface area contributed by atoms with Gasteiger partial charge < -0.3 is 4.90 Å². The second kappa shape index (κ2) is 6.09. The summed E-state index contributed by atoms with van der Waals surface area (Å²) in [5, 5.41) is 0.692. The molecule has 0 atom stereocenters. The molecule has 4 rings (SSSR count). The first-order chi connectivity index (χ1) is 11.3. The SMILES string of the molecule is Clc1c(N2CCCC2)nc(-c2ccccc2)n1-c1ccccc1. The molecule has 23 heavy (non-hydrogen) atoms. The maximum absolute atomic E-state index is 6.75. The number of rotatable bonds is 3. The van der Waals surface area contributed by atoms with Crippen molar-refractivity contribution in [2.75, 3.05) is 18.0 Å². The van der Waals surface area contributed by atoms with E-state index in [4.69, 9.17) is 16.6 Å². The van der Waals surface area contributed by atoms with Gasteiger partial charge in [-0.05, 0) is 25.0 Å². The van der Waals surface area contributed by atoms with E-state index in [1.165, 1.54) is 12.8 Å². The van der Waals surface area contributed by atoms with Crippen molar-refractivity contribution >= 4 is 17.4 Å². The van der Waals surface area contributed by atoms with Crippen LogP contribution >= 0.6 is 11.6 Å². The van der Waals surface area contributed by atoms with Crippen LogP contribution in [0.3, 0.4) is 0 Å². The number of hydrogen-bond donors (Lipinski definition) is 0. The zero-order chi connectivity index (χ0) is 15.6. The number of aromatic nitrogens is 2. The first-order valence-electron chi connectivity index (χ1n) is 7.98. The fourth-order valence-electron chi connectivity index (χ4n) is 3.11. The molecule has 1 fully saturated rings. The van der Waals surface area contributed by atoms with Gasteiger partial charge in [0.25, 0.3) is 0 Å². The monoisotopic (exact) mass is 323 g/mol. The Morgan fingerprint density at radius 3 is 2.09 bits per heavy atom. The van der Waals surface area contributed by atoms with E-state index < -0.39 is 0 Å². The molecule has 1 aliphatic heterocycles. The van der Waals surface area contributed by atoms with Gasteiger partial charge in [-0.1, -0.05) is 60.1 Å². The van der Waals surface area contributed by atoms with Crippen LogP contribution in [0.4, 0.5) is 5.82 Å². The maximum atomic E-state index is 6.75. The second-order valence-corrected chi connectivity index (χ2v) is 6.14. The molecular weight excluding hydrogens is 306 g/mol. The number of hydrogen-bond acceptors (Lipinski definition) is 2. The Hall–Kier alpha value is -2.26. The molecule has 0 aliphatic carbocycles. The molecule has 1 aromatic heterocycles. The van der Waals surface area contributed by atoms with Crippen molar-refractivity contribution < 1.29 is 0 Å². The molecule has 0 radical (unpaired) electrons. The summed E-state index contributed by atoms with van der Waals surface area (Å²) in [6, 6.07) is 20.4. The van der Waals surface area contributed by atoms with Crippen molar-refractivity contribution in [3.8, 4) is 17.1 Å². The van der Waals surface area contributed by atoms with Crippen molar-refractivity contribution in [2.45, 2.75) is 12.8 Å². The third-order valence-corrected chi connectivity index (χ3v) is 4.59. The van der Waals surface area contributed by atoms with E-state index in [1.807, 2.05) is 41.0 Å². The van der Waals surface area contributed by atoms with Gasteiger partial charge in [0, 0.05) is 24.3 Å². The lowest BCUT2D eigenvalue weighted by molar-refractivity contribution is 0.946. The van der Waals surface area contributed by atoms with E-state index in [-0.39, 0.29) is 0 Å². The van der Waals surface area contributed by atoms with E-state index >= 15 is 0 Å². The minimum Gasteiger partial charge on any atom is -0.354 e. The number of para-hydroxylation sites is 1. The summed E-state index contributed by atoms with van der Waals surface area (Å²) >= 11 is 6.75. The van der Waals surface area contributed by atoms with Crippen LogP contribution in [0.5, 0.6) is 0 Å². The molecule has 0 saturated carbocycles. The third kappa shape index (κ3) is 2.62. The van der Waals surface area contributed by atoms with Crippen molar-refractivity contribution in [3.63, 3.8) is 0 Å². The highest BCUT2D eigenvalue weighted by Gasteiger charge is 2.24. The van der Waals surface area contributed by atoms with Gasteiger partial charge >= 0.3 is 0 Å². The average molecular weight is 324 g/mol. The van der Waals surface area contributed by atoms with Crippen LogP contribution in [0.2, 0.25) is 5.15 Å². The van der Waals surface area contributed by atoms with Gasteiger partial charge in [-0.3, -0.25) is 4.57 Å². The number of anilines is 1. The van der Waals surface area contributed by atoms with Crippen LogP contribution in [0.1, 0.15) is 12.8 Å². The maximum Gasteiger partial charge on any atom is 0.167 e. The minimum absolute atomic E-state index is 0.692. The summed E-state index contributed by atoms with van der Waals surface area (Å²) < 4.78 is 2.05. The zero-order valence-corrected chi connectivity index (χ0v) is 13.6. The lowest BCUT2D eigenvalue weighted by Gasteiger charge is -2.14. The summed E-state index contributed by atoms with van der Waals surface area (Å²) in [5.41, 5.74) is 2.11. The van der Waals surface area contributed by atoms with Gasteiger partial charge in [-0.25, -0.2) is 4.98 Å². The highest BCUT2D eigenvalue weighted by atomic mass is 35.5. The number of imidazole rings is 1. The molecule has 0 bridgehead atoms. The van der Waals surface area contributed by atoms with Gasteiger partial charge in [-0.2, -0.15) is 0 Å². The Balaban J connectivity index is 1.91. The van der Waals surface area contributed by atoms with Crippen molar-refractivity contribution in [1.82, 2.24) is 9.55 Å². The highest BCUT2D eigenvalue weighted by molar-refractivity contribution is 6.32. The molecule has 0 unspecified atom stereocenters. The van der Waals surface area contributed by atoms with Crippen LogP contribution in [0.25, 0.3) is 17.1 Å². The Kier molecular flexibility index (Phi) is 3.80. The van der Waals surface area contributed by atoms with Crippen molar-refractivity contribution in [1.29, 1.82) is 0 Å². The van der Waals surface area contributed by atoms with Gasteiger partial charge in [0.15, 0.2) is 11.0 Å². The summed E-state index contributed by atoms with van der Waals surface area (Å²) in [5.74, 6) is 1.79. The predicted octanol–water partition coefficient (Wildman–Crippen LogP) is 4.79. The van der Waals surface area contributed by atoms with Crippen molar-refractivity contribution in [2.24, 2.45) is 0 Å². The molecule has 0 spiro atoms. The molecule has 3 aromatic rings. The van der Waals surface area contributed by atoms with Gasteiger partial charge in [0.2, 0.25) is 0 Å². The second-order valence-electron chi connectivity index (χ2n) is 5.78. The summed E-state index contributed by atoms with van der Waals surface area (Å²) in [4.78, 5) is 7.18. The van der Waals surface area contributed by atoms with E-state index in [1.54, 1.807) is 0 Å². The lowest BCUT2D eigenvalue weighted by atomic mass is 10.2. The molecule has 3 nitrogen and oxygen atoms in total. The summed E-state index contributed by atoms with van der Waals surface area (Å²) in [7, 11) is 0. The van der Waals surface area contributed by atoms with Crippen LogP contribution in [-0.2, 0) is 0 Å². The Bertz CT molecular complexity index is 790. The predicted molar refractivity (Wildman–Crippen MR) is 95.5 cm³/mol. The molecule has 2 aromatic carbocycles. The lowest BCUT2D eigenvalue weighted by Crippen LogP contribution is -2.18. The van der Waals surface area contributed by atoms with Crippen LogP contribution in [-0.4, -0.2) is 22.6 Å². The molecule has 0 amide bonds. The molecule has 116 valence electrons. The molecule has 2 heterocycles. The normalized spacial score (nSPS) is 14.4. The van der Waals surface area contributed by atoms with E-state index in [2.05, 4.69) is 29.2 Å². The topological polar surface area (TPSA) is 21.1 Å². The highest BCUT2D eigenvalue weighted by Crippen LogP contribution is 2.35. The molecular formula is C19H18ClN3. The fourth-order valence-corrected chi connectivity index (χ4v) is 3.45. The number of halogens is 1. The Morgan fingerprint density at radius 2 is 1.43 bits per heavy atom. The fraction of sp³-hybridized carbons (Fsp3) is 0.211. The van der Waals surface area contributed by atoms with E-state index in [9.17, 15) is 0 Å². The van der Waals surface area contributed by atoms with Crippen molar-refractivity contribution in [3.05, 3.63) is 65.8 Å². The minimum atomic E-state index is 0.692. The van der Waals surface area contributed by atoms with Gasteiger partial charge in [0.05, 0.1) is 0 Å². The van der Waals surface area contributed by atoms with Crippen LogP contribution < -0.4 is 4.90 Å². The quantitative estimate of drug-likeness (QED) is 0.690. The van der Waals surface area contributed by atoms with E-state index in [0.717, 1.165) is 36.0 Å². The third-order valence-electron chi connectivity index (χ3n) is 4.26. The Labute approximate surface area is 141 Å². The Morgan fingerprint density at radius 1 is 0.826 bits per heavy atom.